The summed E-state index contributed by atoms with van der Waals surface area (Å²) in [5.41, 5.74) is 3.93. The van der Waals surface area contributed by atoms with Crippen molar-refractivity contribution in [2.24, 2.45) is 0 Å². The molecule has 0 spiro atoms. The summed E-state index contributed by atoms with van der Waals surface area (Å²) in [4.78, 5) is 16.9. The Balaban J connectivity index is 1.47. The van der Waals surface area contributed by atoms with E-state index in [0.717, 1.165) is 33.5 Å². The molecule has 4 rings (SSSR count). The Morgan fingerprint density at radius 1 is 1.25 bits per heavy atom. The molecule has 4 aromatic rings. The number of amides is 1. The number of fused-ring (bicyclic) bond motifs is 2. The van der Waals surface area contributed by atoms with E-state index in [9.17, 15) is 4.79 Å². The van der Waals surface area contributed by atoms with Gasteiger partial charge in [-0.3, -0.25) is 4.79 Å². The van der Waals surface area contributed by atoms with Crippen molar-refractivity contribution >= 4 is 38.5 Å². The molecule has 24 heavy (non-hydrogen) atoms. The Morgan fingerprint density at radius 3 is 3.00 bits per heavy atom. The lowest BCUT2D eigenvalue weighted by Crippen LogP contribution is -2.28. The Kier molecular flexibility index (Phi) is 3.82. The zero-order valence-corrected chi connectivity index (χ0v) is 14.2. The van der Waals surface area contributed by atoms with E-state index < -0.39 is 0 Å². The smallest absolute Gasteiger partial charge is 0.268 e. The minimum Gasteiger partial charge on any atom is -0.349 e. The number of para-hydroxylation sites is 2. The summed E-state index contributed by atoms with van der Waals surface area (Å²) in [6.45, 7) is 4.12. The van der Waals surface area contributed by atoms with Gasteiger partial charge in [0, 0.05) is 19.6 Å². The number of hydrogen-bond acceptors (Lipinski definition) is 3. The monoisotopic (exact) mass is 338 g/mol. The normalized spacial score (nSPS) is 11.4. The van der Waals surface area contributed by atoms with Gasteiger partial charge in [-0.25, -0.2) is 4.98 Å². The van der Waals surface area contributed by atoms with Crippen molar-refractivity contribution in [2.75, 3.05) is 6.54 Å². The summed E-state index contributed by atoms with van der Waals surface area (Å²) in [6.07, 6.45) is 1.82. The zero-order chi connectivity index (χ0) is 16.5. The van der Waals surface area contributed by atoms with E-state index in [4.69, 9.17) is 0 Å². The largest absolute Gasteiger partial charge is 0.349 e. The molecule has 5 nitrogen and oxygen atoms in total. The van der Waals surface area contributed by atoms with Crippen molar-refractivity contribution in [2.45, 2.75) is 20.0 Å². The Morgan fingerprint density at radius 2 is 2.12 bits per heavy atom. The average Bonchev–Trinajstić information content (AvgIpc) is 3.28. The number of imidazole rings is 1. The third-order valence-corrected chi connectivity index (χ3v) is 5.09. The van der Waals surface area contributed by atoms with Gasteiger partial charge in [0.05, 0.1) is 27.6 Å². The molecule has 3 heterocycles. The number of carbonyl (C=O) groups is 1. The molecular weight excluding hydrogens is 320 g/mol. The van der Waals surface area contributed by atoms with E-state index in [0.29, 0.717) is 13.1 Å². The highest BCUT2D eigenvalue weighted by atomic mass is 32.1. The molecule has 3 aromatic heterocycles. The highest BCUT2D eigenvalue weighted by Gasteiger charge is 2.15. The first-order chi connectivity index (χ1) is 11.8. The van der Waals surface area contributed by atoms with Gasteiger partial charge < -0.3 is 14.5 Å². The van der Waals surface area contributed by atoms with Crippen LogP contribution in [0.3, 0.4) is 0 Å². The molecule has 1 N–H and O–H groups in total. The minimum absolute atomic E-state index is 0.0235. The third-order valence-electron chi connectivity index (χ3n) is 4.24. The van der Waals surface area contributed by atoms with Crippen LogP contribution in [0, 0.1) is 0 Å². The fourth-order valence-corrected chi connectivity index (χ4v) is 3.90. The number of carbonyl (C=O) groups excluding carboxylic acids is 1. The molecule has 0 atom stereocenters. The van der Waals surface area contributed by atoms with Crippen molar-refractivity contribution in [1.29, 1.82) is 0 Å². The van der Waals surface area contributed by atoms with Crippen LogP contribution in [0.2, 0.25) is 0 Å². The van der Waals surface area contributed by atoms with Gasteiger partial charge in [-0.2, -0.15) is 0 Å². The third kappa shape index (κ3) is 2.49. The quantitative estimate of drug-likeness (QED) is 0.605. The lowest BCUT2D eigenvalue weighted by molar-refractivity contribution is 0.0943. The Bertz CT molecular complexity index is 1010. The van der Waals surface area contributed by atoms with E-state index in [1.165, 1.54) is 0 Å². The number of nitrogens with zero attached hydrogens (tertiary/aromatic N) is 3. The maximum atomic E-state index is 12.5. The van der Waals surface area contributed by atoms with Crippen LogP contribution in [-0.4, -0.2) is 26.6 Å². The minimum atomic E-state index is -0.0235. The van der Waals surface area contributed by atoms with Crippen LogP contribution >= 0.6 is 11.3 Å². The molecule has 0 saturated carbocycles. The Hall–Kier alpha value is -2.60. The number of thiophene rings is 1. The molecular formula is C18H18N4OS. The molecule has 0 bridgehead atoms. The predicted octanol–water partition coefficient (Wildman–Crippen LogP) is 3.50. The molecule has 0 unspecified atom stereocenters. The van der Waals surface area contributed by atoms with Crippen LogP contribution in [0.1, 0.15) is 17.4 Å². The van der Waals surface area contributed by atoms with Crippen LogP contribution in [-0.2, 0) is 13.1 Å². The first-order valence-corrected chi connectivity index (χ1v) is 8.90. The van der Waals surface area contributed by atoms with Crippen molar-refractivity contribution in [3.8, 4) is 0 Å². The molecule has 6 heteroatoms. The molecule has 1 aromatic carbocycles. The molecule has 0 saturated heterocycles. The first-order valence-electron chi connectivity index (χ1n) is 8.02. The van der Waals surface area contributed by atoms with E-state index in [2.05, 4.69) is 37.8 Å². The fourth-order valence-electron chi connectivity index (χ4n) is 3.07. The first kappa shape index (κ1) is 15.0. The lowest BCUT2D eigenvalue weighted by Gasteiger charge is -2.09. The number of nitrogens with one attached hydrogen (secondary N) is 1. The van der Waals surface area contributed by atoms with E-state index >= 15 is 0 Å². The van der Waals surface area contributed by atoms with E-state index in [1.807, 2.05) is 36.7 Å². The molecule has 1 amide bonds. The van der Waals surface area contributed by atoms with Crippen molar-refractivity contribution < 1.29 is 4.79 Å². The summed E-state index contributed by atoms with van der Waals surface area (Å²) < 4.78 is 5.28. The molecule has 0 aliphatic rings. The van der Waals surface area contributed by atoms with Crippen LogP contribution in [0.5, 0.6) is 0 Å². The van der Waals surface area contributed by atoms with Gasteiger partial charge >= 0.3 is 0 Å². The van der Waals surface area contributed by atoms with Crippen LogP contribution in [0.15, 0.2) is 48.1 Å². The summed E-state index contributed by atoms with van der Waals surface area (Å²) in [6, 6.07) is 12.1. The highest BCUT2D eigenvalue weighted by Crippen LogP contribution is 2.25. The van der Waals surface area contributed by atoms with Gasteiger partial charge in [-0.15, -0.1) is 11.3 Å². The maximum Gasteiger partial charge on any atom is 0.268 e. The van der Waals surface area contributed by atoms with Gasteiger partial charge in [0.25, 0.3) is 5.91 Å². The summed E-state index contributed by atoms with van der Waals surface area (Å²) in [5.74, 6) is -0.0235. The van der Waals surface area contributed by atoms with Crippen LogP contribution in [0.25, 0.3) is 21.3 Å². The van der Waals surface area contributed by atoms with Gasteiger partial charge in [0.1, 0.15) is 5.69 Å². The predicted molar refractivity (Wildman–Crippen MR) is 97.6 cm³/mol. The van der Waals surface area contributed by atoms with Crippen molar-refractivity contribution in [3.63, 3.8) is 0 Å². The summed E-state index contributed by atoms with van der Waals surface area (Å²) in [5, 5.41) is 5.08. The average molecular weight is 338 g/mol. The van der Waals surface area contributed by atoms with Gasteiger partial charge in [-0.05, 0) is 36.6 Å². The lowest BCUT2D eigenvalue weighted by atomic mass is 10.3. The highest BCUT2D eigenvalue weighted by molar-refractivity contribution is 7.17. The van der Waals surface area contributed by atoms with E-state index in [1.54, 1.807) is 11.3 Å². The molecule has 0 fully saturated rings. The van der Waals surface area contributed by atoms with Gasteiger partial charge in [0.2, 0.25) is 0 Å². The summed E-state index contributed by atoms with van der Waals surface area (Å²) in [7, 11) is 0. The maximum absolute atomic E-state index is 12.5. The second-order valence-electron chi connectivity index (χ2n) is 5.63. The van der Waals surface area contributed by atoms with Crippen molar-refractivity contribution in [1.82, 2.24) is 19.4 Å². The molecule has 0 radical (unpaired) electrons. The standard InChI is InChI=1S/C18H18N4OS/c1-2-22-15-7-10-24-17(15)11-16(22)18(23)19-8-9-21-12-20-13-5-3-4-6-14(13)21/h3-7,10-12H,2,8-9H2,1H3,(H,19,23). The number of aryl methyl sites for hydroxylation is 1. The number of rotatable bonds is 5. The van der Waals surface area contributed by atoms with Crippen LogP contribution < -0.4 is 5.32 Å². The zero-order valence-electron chi connectivity index (χ0n) is 13.4. The molecule has 122 valence electrons. The number of hydrogen-bond donors (Lipinski definition) is 1. The van der Waals surface area contributed by atoms with Crippen molar-refractivity contribution in [3.05, 3.63) is 53.8 Å². The molecule has 0 aliphatic heterocycles. The second kappa shape index (κ2) is 6.13. The number of aromatic nitrogens is 3. The fraction of sp³-hybridized carbons (Fsp3) is 0.222. The van der Waals surface area contributed by atoms with Gasteiger partial charge in [0.15, 0.2) is 0 Å². The van der Waals surface area contributed by atoms with Crippen LogP contribution in [0.4, 0.5) is 0 Å². The summed E-state index contributed by atoms with van der Waals surface area (Å²) >= 11 is 1.67. The second-order valence-corrected chi connectivity index (χ2v) is 6.57. The molecule has 0 aliphatic carbocycles. The van der Waals surface area contributed by atoms with E-state index in [-0.39, 0.29) is 5.91 Å². The number of benzene rings is 1. The topological polar surface area (TPSA) is 51.9 Å². The Labute approximate surface area is 143 Å². The van der Waals surface area contributed by atoms with Gasteiger partial charge in [-0.1, -0.05) is 12.1 Å². The SMILES string of the molecule is CCn1c(C(=O)NCCn2cnc3ccccc32)cc2sccc21.